The van der Waals surface area contributed by atoms with Crippen LogP contribution in [0.15, 0.2) is 6.07 Å². The van der Waals surface area contributed by atoms with Crippen LogP contribution in [-0.4, -0.2) is 29.8 Å². The number of aryl methyl sites for hydroxylation is 2. The van der Waals surface area contributed by atoms with Crippen molar-refractivity contribution in [3.63, 3.8) is 0 Å². The second kappa shape index (κ2) is 6.43. The van der Waals surface area contributed by atoms with Gasteiger partial charge in [0.05, 0.1) is 5.41 Å². The van der Waals surface area contributed by atoms with Crippen molar-refractivity contribution in [2.75, 3.05) is 6.61 Å². The molecule has 1 aromatic heterocycles. The minimum atomic E-state index is -0.535. The second-order valence-corrected chi connectivity index (χ2v) is 10.5. The van der Waals surface area contributed by atoms with E-state index in [2.05, 4.69) is 5.32 Å². The zero-order valence-corrected chi connectivity index (χ0v) is 17.0. The Labute approximate surface area is 163 Å². The average molecular weight is 390 g/mol. The van der Waals surface area contributed by atoms with Crippen LogP contribution in [0.4, 0.5) is 0 Å². The maximum atomic E-state index is 13.1. The molecule has 4 saturated carbocycles. The number of hydrogen-bond donors (Lipinski definition) is 1. The summed E-state index contributed by atoms with van der Waals surface area (Å²) in [5.74, 6) is 0.515. The number of ether oxygens (including phenoxy) is 1. The summed E-state index contributed by atoms with van der Waals surface area (Å²) in [6.07, 6.45) is 5.37. The number of rotatable bonds is 5. The minimum absolute atomic E-state index is 0.0288. The number of esters is 1. The van der Waals surface area contributed by atoms with Crippen LogP contribution in [0.5, 0.6) is 0 Å². The lowest BCUT2D eigenvalue weighted by molar-refractivity contribution is -0.174. The number of amides is 1. The first-order valence-electron chi connectivity index (χ1n) is 9.77. The van der Waals surface area contributed by atoms with E-state index in [-0.39, 0.29) is 29.8 Å². The maximum Gasteiger partial charge on any atom is 0.312 e. The first-order valence-corrected chi connectivity index (χ1v) is 10.6. The monoisotopic (exact) mass is 389 g/mol. The molecule has 1 heterocycles. The Balaban J connectivity index is 1.47. The van der Waals surface area contributed by atoms with Gasteiger partial charge in [-0.3, -0.25) is 14.4 Å². The SMILES string of the molecule is CC(=O)NC12CC3CC(C1)CC(C(=O)OCC(=O)c1cc(C)sc1C)(C3)C2. The standard InChI is InChI=1S/C21H27NO4S/c1-12-4-17(13(2)27-12)18(24)10-26-19(25)20-6-15-5-16(7-20)9-21(8-15,11-20)22-14(3)23/h4,15-16H,5-11H2,1-3H3,(H,22,23). The topological polar surface area (TPSA) is 72.5 Å². The van der Waals surface area contributed by atoms with E-state index < -0.39 is 5.41 Å². The molecule has 1 N–H and O–H groups in total. The summed E-state index contributed by atoms with van der Waals surface area (Å²) in [4.78, 5) is 39.3. The van der Waals surface area contributed by atoms with Gasteiger partial charge in [0.2, 0.25) is 11.7 Å². The fourth-order valence-corrected chi connectivity index (χ4v) is 7.23. The molecule has 4 fully saturated rings. The number of hydrogen-bond acceptors (Lipinski definition) is 5. The molecule has 5 nitrogen and oxygen atoms in total. The number of nitrogens with one attached hydrogen (secondary N) is 1. The van der Waals surface area contributed by atoms with Gasteiger partial charge >= 0.3 is 5.97 Å². The molecule has 27 heavy (non-hydrogen) atoms. The van der Waals surface area contributed by atoms with Gasteiger partial charge in [0.1, 0.15) is 0 Å². The molecule has 0 spiro atoms. The lowest BCUT2D eigenvalue weighted by Gasteiger charge is -2.60. The van der Waals surface area contributed by atoms with E-state index in [1.54, 1.807) is 18.3 Å². The molecule has 0 saturated heterocycles. The Morgan fingerprint density at radius 3 is 2.41 bits per heavy atom. The van der Waals surface area contributed by atoms with Crippen LogP contribution in [0.3, 0.4) is 0 Å². The van der Waals surface area contributed by atoms with E-state index in [1.807, 2.05) is 19.9 Å². The smallest absolute Gasteiger partial charge is 0.312 e. The molecular weight excluding hydrogens is 362 g/mol. The van der Waals surface area contributed by atoms with Crippen molar-refractivity contribution in [3.05, 3.63) is 21.4 Å². The highest BCUT2D eigenvalue weighted by atomic mass is 32.1. The van der Waals surface area contributed by atoms with Crippen molar-refractivity contribution < 1.29 is 19.1 Å². The molecule has 4 aliphatic carbocycles. The summed E-state index contributed by atoms with van der Waals surface area (Å²) in [6, 6.07) is 1.87. The lowest BCUT2D eigenvalue weighted by atomic mass is 9.47. The molecule has 2 atom stereocenters. The summed E-state index contributed by atoms with van der Waals surface area (Å²) < 4.78 is 5.56. The lowest BCUT2D eigenvalue weighted by Crippen LogP contribution is -2.64. The summed E-state index contributed by atoms with van der Waals surface area (Å²) in [5.41, 5.74) is -0.141. The normalized spacial score (nSPS) is 33.7. The Hall–Kier alpha value is -1.69. The van der Waals surface area contributed by atoms with Crippen molar-refractivity contribution >= 4 is 29.0 Å². The molecule has 6 heteroatoms. The third-order valence-corrected chi connectivity index (χ3v) is 7.58. The summed E-state index contributed by atoms with van der Waals surface area (Å²) >= 11 is 1.58. The summed E-state index contributed by atoms with van der Waals surface area (Å²) in [7, 11) is 0. The fraction of sp³-hybridized carbons (Fsp3) is 0.667. The molecule has 1 amide bonds. The zero-order chi connectivity index (χ0) is 19.4. The first kappa shape index (κ1) is 18.7. The van der Waals surface area contributed by atoms with Crippen molar-refractivity contribution in [1.29, 1.82) is 0 Å². The highest BCUT2D eigenvalue weighted by Gasteiger charge is 2.61. The Bertz CT molecular complexity index is 797. The molecule has 0 aliphatic heterocycles. The second-order valence-electron chi connectivity index (χ2n) is 9.03. The molecule has 4 bridgehead atoms. The largest absolute Gasteiger partial charge is 0.457 e. The van der Waals surface area contributed by atoms with E-state index in [0.29, 0.717) is 23.8 Å². The molecule has 2 unspecified atom stereocenters. The molecule has 1 aromatic rings. The van der Waals surface area contributed by atoms with Gasteiger partial charge in [-0.05, 0) is 70.3 Å². The van der Waals surface area contributed by atoms with Crippen molar-refractivity contribution in [2.45, 2.75) is 64.8 Å². The zero-order valence-electron chi connectivity index (χ0n) is 16.2. The van der Waals surface area contributed by atoms with E-state index in [1.165, 1.54) is 0 Å². The molecule has 146 valence electrons. The Morgan fingerprint density at radius 2 is 1.85 bits per heavy atom. The van der Waals surface area contributed by atoms with Gasteiger partial charge in [0, 0.05) is 27.8 Å². The van der Waals surface area contributed by atoms with Gasteiger partial charge in [-0.1, -0.05) is 0 Å². The van der Waals surface area contributed by atoms with Crippen LogP contribution in [0.25, 0.3) is 0 Å². The average Bonchev–Trinajstić information content (AvgIpc) is 2.88. The van der Waals surface area contributed by atoms with E-state index >= 15 is 0 Å². The van der Waals surface area contributed by atoms with Gasteiger partial charge in [-0.15, -0.1) is 11.3 Å². The van der Waals surface area contributed by atoms with Gasteiger partial charge in [0.15, 0.2) is 6.61 Å². The fourth-order valence-electron chi connectivity index (χ4n) is 6.29. The van der Waals surface area contributed by atoms with Gasteiger partial charge in [0.25, 0.3) is 0 Å². The maximum absolute atomic E-state index is 13.1. The molecular formula is C21H27NO4S. The number of carbonyl (C=O) groups is 3. The van der Waals surface area contributed by atoms with Crippen LogP contribution in [0.1, 0.15) is 65.6 Å². The highest BCUT2D eigenvalue weighted by molar-refractivity contribution is 7.12. The minimum Gasteiger partial charge on any atom is -0.457 e. The van der Waals surface area contributed by atoms with Crippen LogP contribution in [-0.2, 0) is 14.3 Å². The molecule has 4 aliphatic rings. The first-order chi connectivity index (χ1) is 12.7. The van der Waals surface area contributed by atoms with Crippen LogP contribution >= 0.6 is 11.3 Å². The number of Topliss-reactive ketones (excluding diaryl/α,β-unsaturated/α-hetero) is 1. The van der Waals surface area contributed by atoms with Gasteiger partial charge < -0.3 is 10.1 Å². The number of ketones is 1. The van der Waals surface area contributed by atoms with Crippen molar-refractivity contribution in [1.82, 2.24) is 5.32 Å². The molecule has 0 radical (unpaired) electrons. The van der Waals surface area contributed by atoms with Gasteiger partial charge in [-0.2, -0.15) is 0 Å². The quantitative estimate of drug-likeness (QED) is 0.617. The van der Waals surface area contributed by atoms with Gasteiger partial charge in [-0.25, -0.2) is 0 Å². The van der Waals surface area contributed by atoms with Crippen molar-refractivity contribution in [2.24, 2.45) is 17.3 Å². The third kappa shape index (κ3) is 3.33. The Morgan fingerprint density at radius 1 is 1.19 bits per heavy atom. The van der Waals surface area contributed by atoms with Crippen LogP contribution in [0.2, 0.25) is 0 Å². The van der Waals surface area contributed by atoms with Crippen LogP contribution in [0, 0.1) is 31.1 Å². The van der Waals surface area contributed by atoms with Crippen molar-refractivity contribution in [3.8, 4) is 0 Å². The van der Waals surface area contributed by atoms with E-state index in [0.717, 1.165) is 41.9 Å². The molecule has 0 aromatic carbocycles. The molecule has 5 rings (SSSR count). The van der Waals surface area contributed by atoms with E-state index in [9.17, 15) is 14.4 Å². The third-order valence-electron chi connectivity index (χ3n) is 6.61. The Kier molecular flexibility index (Phi) is 4.45. The summed E-state index contributed by atoms with van der Waals surface area (Å²) in [5, 5.41) is 3.16. The van der Waals surface area contributed by atoms with Crippen LogP contribution < -0.4 is 5.32 Å². The highest BCUT2D eigenvalue weighted by Crippen LogP contribution is 2.62. The predicted molar refractivity (Wildman–Crippen MR) is 103 cm³/mol. The van der Waals surface area contributed by atoms with E-state index in [4.69, 9.17) is 4.74 Å². The summed E-state index contributed by atoms with van der Waals surface area (Å²) in [6.45, 7) is 5.24. The number of thiophene rings is 1. The number of carbonyl (C=O) groups excluding carboxylic acids is 3. The predicted octanol–water partition coefficient (Wildman–Crippen LogP) is 3.57.